The van der Waals surface area contributed by atoms with Gasteiger partial charge in [-0.1, -0.05) is 0 Å². The van der Waals surface area contributed by atoms with Gasteiger partial charge < -0.3 is 39.9 Å². The number of carbonyl (C=O) groups excluding carboxylic acids is 4. The average Bonchev–Trinajstić information content (AvgIpc) is 1.56. The number of fused-ring (bicyclic) bond motifs is 16. The fourth-order valence-corrected chi connectivity index (χ4v) is 16.1. The highest BCUT2D eigenvalue weighted by Crippen LogP contribution is 2.45. The zero-order chi connectivity index (χ0) is 79.5. The lowest BCUT2D eigenvalue weighted by molar-refractivity contribution is 0.0985. The van der Waals surface area contributed by atoms with E-state index >= 15 is 0 Å². The molecule has 5 saturated heterocycles. The summed E-state index contributed by atoms with van der Waals surface area (Å²) in [5, 5.41) is 29.5. The molecule has 20 heterocycles. The Morgan fingerprint density at radius 3 is 1.44 bits per heavy atom. The topological polar surface area (TPSA) is 357 Å². The van der Waals surface area contributed by atoms with Gasteiger partial charge in [0.2, 0.25) is 0 Å². The van der Waals surface area contributed by atoms with Gasteiger partial charge in [-0.15, -0.1) is 0 Å². The predicted molar refractivity (Wildman–Crippen MR) is 436 cm³/mol. The third-order valence-electron chi connectivity index (χ3n) is 21.7. The van der Waals surface area contributed by atoms with E-state index in [1.807, 2.05) is 97.6 Å². The van der Waals surface area contributed by atoms with Crippen LogP contribution in [0.3, 0.4) is 0 Å². The van der Waals surface area contributed by atoms with Gasteiger partial charge >= 0.3 is 24.1 Å². The molecule has 8 bridgehead atoms. The van der Waals surface area contributed by atoms with E-state index in [1.165, 1.54) is 30.9 Å². The Morgan fingerprint density at radius 1 is 0.457 bits per heavy atom. The quantitative estimate of drug-likeness (QED) is 0.110. The van der Waals surface area contributed by atoms with E-state index in [0.717, 1.165) is 147 Å². The third kappa shape index (κ3) is 15.3. The molecule has 5 atom stereocenters. The molecular weight excluding hydrogens is 1470 g/mol. The number of aromatic nitrogens is 12. The molecule has 9 aliphatic rings. The van der Waals surface area contributed by atoms with Crippen molar-refractivity contribution in [3.63, 3.8) is 0 Å². The molecule has 0 saturated carbocycles. The van der Waals surface area contributed by atoms with Gasteiger partial charge in [0.1, 0.15) is 29.5 Å². The number of nitriles is 2. The molecule has 11 aromatic heterocycles. The minimum Gasteiger partial charge on any atom is -0.377 e. The van der Waals surface area contributed by atoms with E-state index in [1.54, 1.807) is 82.3 Å². The molecule has 582 valence electrons. The molecule has 116 heavy (non-hydrogen) atoms. The Balaban J connectivity index is 0.000000111. The lowest BCUT2D eigenvalue weighted by atomic mass is 10.1. The van der Waals surface area contributed by atoms with Crippen molar-refractivity contribution in [1.29, 1.82) is 10.5 Å². The molecular formula is C83H78FN27O5. The largest absolute Gasteiger partial charge is 0.377 e. The standard InChI is InChI=1S/C22H22N6O.C21H17N7O.C20H15FN8O.C20H24N6O2/c1-14-5-8-24-20(11-14)26-22(29)28-17-7-10-27(13-17)19-4-3-18(25-21(19)28)16-6-9-23-15(2)12-16;22-10-15-4-3-14(11-24-15)18-5-6-19-20(26-18)28(17-7-9-27(19)13-17)21(29)25-16-2-1-8-23-12-16;21-14-7-12(9-25-16(14)8-22)15-1-2-17-19(26-15)29(13-3-6-28(17)11-13)20(30)27-18-10-23-4-5-24-18;1-14-13-28-10-9-25(14)18-5-4-17-19(23-18)26(16-6-8-24(17)12-16)20(27)22-15-3-2-7-21-11-15/h3-6,8-9,11-12,17H,7,10,13H2,1-2H3,(H,24,26,29);1-6,8,11-12,17H,7,9,13H2,(H,25,29);1-2,4-5,7,9-10,13H,3,6,11H2,(H,24,27,30);2-5,7,11,14,16H,6,8-10,12-13H2,1H3,(H,22,27)/t2*17-;;14-,16-/m00.0/s1. The Bertz CT molecular complexity index is 5630. The van der Waals surface area contributed by atoms with Crippen molar-refractivity contribution in [1.82, 2.24) is 59.8 Å². The van der Waals surface area contributed by atoms with Gasteiger partial charge in [-0.25, -0.2) is 63.4 Å². The Hall–Kier alpha value is -14.5. The summed E-state index contributed by atoms with van der Waals surface area (Å²) in [6.45, 7) is 15.1. The summed E-state index contributed by atoms with van der Waals surface area (Å²) in [6.07, 6.45) is 21.2. The van der Waals surface area contributed by atoms with Crippen LogP contribution in [0.2, 0.25) is 0 Å². The number of urea groups is 4. The van der Waals surface area contributed by atoms with Crippen LogP contribution in [0.4, 0.5) is 98.4 Å². The number of aryl methyl sites for hydroxylation is 2. The highest BCUT2D eigenvalue weighted by atomic mass is 19.1. The molecule has 4 N–H and O–H groups in total. The van der Waals surface area contributed by atoms with Crippen LogP contribution in [0.5, 0.6) is 0 Å². The summed E-state index contributed by atoms with van der Waals surface area (Å²) in [7, 11) is 0. The predicted octanol–water partition coefficient (Wildman–Crippen LogP) is 11.7. The van der Waals surface area contributed by atoms with Gasteiger partial charge in [0.05, 0.1) is 113 Å². The normalized spacial score (nSPS) is 18.5. The van der Waals surface area contributed by atoms with Crippen LogP contribution in [0.25, 0.3) is 33.8 Å². The number of morpholine rings is 1. The van der Waals surface area contributed by atoms with E-state index in [2.05, 4.69) is 116 Å². The molecule has 32 nitrogen and oxygen atoms in total. The first kappa shape index (κ1) is 74.3. The smallest absolute Gasteiger partial charge is 0.329 e. The van der Waals surface area contributed by atoms with Crippen molar-refractivity contribution >= 4 is 99.0 Å². The molecule has 1 unspecified atom stereocenters. The van der Waals surface area contributed by atoms with E-state index < -0.39 is 5.82 Å². The number of hydrogen-bond acceptors (Lipinski definition) is 24. The molecule has 0 aliphatic carbocycles. The minimum absolute atomic E-state index is 0.0345. The second-order valence-corrected chi connectivity index (χ2v) is 29.2. The van der Waals surface area contributed by atoms with Gasteiger partial charge in [-0.05, 0) is 167 Å². The number of anilines is 13. The van der Waals surface area contributed by atoms with Gasteiger partial charge in [0.15, 0.2) is 40.6 Å². The zero-order valence-electron chi connectivity index (χ0n) is 63.5. The van der Waals surface area contributed by atoms with E-state index in [4.69, 9.17) is 30.2 Å². The van der Waals surface area contributed by atoms with Crippen molar-refractivity contribution in [3.05, 3.63) is 212 Å². The summed E-state index contributed by atoms with van der Waals surface area (Å²) < 4.78 is 19.6. The fourth-order valence-electron chi connectivity index (χ4n) is 16.1. The van der Waals surface area contributed by atoms with Crippen LogP contribution in [0.1, 0.15) is 55.3 Å². The maximum absolute atomic E-state index is 14.0. The molecule has 0 radical (unpaired) electrons. The fraction of sp³-hybridized carbons (Fsp3) is 0.277. The molecule has 11 aromatic rings. The Kier molecular flexibility index (Phi) is 20.7. The summed E-state index contributed by atoms with van der Waals surface area (Å²) >= 11 is 0. The second kappa shape index (κ2) is 32.3. The molecule has 0 aromatic carbocycles. The third-order valence-corrected chi connectivity index (χ3v) is 21.7. The van der Waals surface area contributed by atoms with Crippen molar-refractivity contribution in [2.75, 3.05) is 137 Å². The lowest BCUT2D eigenvalue weighted by Gasteiger charge is -2.38. The number of nitrogens with one attached hydrogen (secondary N) is 4. The maximum atomic E-state index is 14.0. The number of carbonyl (C=O) groups is 4. The monoisotopic (exact) mass is 1550 g/mol. The Labute approximate surface area is 666 Å². The SMILES string of the molecule is C[C@H]1COCCN1c1ccc2c(n1)N(C(=O)Nc1cccnc1)[C@H]1CCN2C1.Cc1ccnc(NC(=O)N2c3nc(-c4ccnc(C)c4)ccc3N3CC[C@H]2C3)c1.N#Cc1ccc(-c2ccc3c(n2)N(C(=O)Nc2cccnc2)[C@H]2CCN3C2)cn1.N#Cc1ncc(-c2ccc3c(n2)N(C(=O)Nc2cnccn2)C2CCN3C2)cc1F. The first-order chi connectivity index (χ1) is 56.6. The number of ether oxygens (including phenoxy) is 1. The zero-order valence-corrected chi connectivity index (χ0v) is 63.5. The van der Waals surface area contributed by atoms with E-state index in [9.17, 15) is 23.6 Å². The van der Waals surface area contributed by atoms with Crippen LogP contribution in [0.15, 0.2) is 183 Å². The molecule has 20 rings (SSSR count). The van der Waals surface area contributed by atoms with E-state index in [-0.39, 0.29) is 60.0 Å². The number of halogens is 1. The average molecular weight is 1550 g/mol. The van der Waals surface area contributed by atoms with Gasteiger partial charge in [-0.3, -0.25) is 50.2 Å². The molecule has 5 fully saturated rings. The van der Waals surface area contributed by atoms with Crippen LogP contribution in [0, 0.1) is 42.3 Å². The highest BCUT2D eigenvalue weighted by molar-refractivity contribution is 6.07. The van der Waals surface area contributed by atoms with Crippen molar-refractivity contribution in [3.8, 4) is 45.9 Å². The first-order valence-corrected chi connectivity index (χ1v) is 38.3. The number of rotatable bonds is 8. The van der Waals surface area contributed by atoms with Gasteiger partial charge in [-0.2, -0.15) is 10.5 Å². The minimum atomic E-state index is -0.712. The molecule has 9 aliphatic heterocycles. The van der Waals surface area contributed by atoms with Crippen molar-refractivity contribution in [2.24, 2.45) is 0 Å². The van der Waals surface area contributed by atoms with Gasteiger partial charge in [0.25, 0.3) is 0 Å². The van der Waals surface area contributed by atoms with Crippen LogP contribution >= 0.6 is 0 Å². The molecule has 0 spiro atoms. The molecule has 8 amide bonds. The number of nitrogens with zero attached hydrogens (tertiary/aromatic N) is 23. The number of hydrogen-bond donors (Lipinski definition) is 4. The second-order valence-electron chi connectivity index (χ2n) is 29.2. The van der Waals surface area contributed by atoms with Gasteiger partial charge in [0, 0.05) is 131 Å². The molecule has 33 heteroatoms. The summed E-state index contributed by atoms with van der Waals surface area (Å²) in [6, 6.07) is 38.9. The van der Waals surface area contributed by atoms with Crippen molar-refractivity contribution in [2.45, 2.75) is 76.7 Å². The van der Waals surface area contributed by atoms with Crippen molar-refractivity contribution < 1.29 is 28.3 Å². The summed E-state index contributed by atoms with van der Waals surface area (Å²) in [5.41, 5.74) is 11.4. The van der Waals surface area contributed by atoms with Crippen LogP contribution in [-0.2, 0) is 4.74 Å². The van der Waals surface area contributed by atoms with Crippen LogP contribution < -0.4 is 65.4 Å². The van der Waals surface area contributed by atoms with Crippen LogP contribution in [-0.4, -0.2) is 186 Å². The Morgan fingerprint density at radius 2 is 0.957 bits per heavy atom. The lowest BCUT2D eigenvalue weighted by Crippen LogP contribution is -2.49. The number of pyridine rings is 10. The summed E-state index contributed by atoms with van der Waals surface area (Å²) in [4.78, 5) is 123. The first-order valence-electron chi connectivity index (χ1n) is 38.3. The summed E-state index contributed by atoms with van der Waals surface area (Å²) in [5.74, 6) is 3.67. The number of amides is 8. The maximum Gasteiger partial charge on any atom is 0.329 e. The highest BCUT2D eigenvalue weighted by Gasteiger charge is 2.45. The van der Waals surface area contributed by atoms with E-state index in [0.29, 0.717) is 76.3 Å².